The molecule has 1 aliphatic carbocycles. The maximum Gasteiger partial charge on any atom is 0.321 e. The minimum atomic E-state index is -1.07. The average molecular weight is 563 g/mol. The molecule has 1 aromatic carbocycles. The number of carbonyl (C=O) groups is 3. The lowest BCUT2D eigenvalue weighted by Gasteiger charge is -2.41. The number of aromatic nitrogens is 3. The number of hydrogen-bond acceptors (Lipinski definition) is 6. The Morgan fingerprint density at radius 2 is 1.76 bits per heavy atom. The SMILES string of the molecule is COC(=O)C1(C(=O)N2CCCCC(C(=O)c3cn4nc(-c5ccc(F)cc5)cc(C(C)(C)C)c4n3)C(C)(C)C2)CC1. The molecule has 1 saturated heterocycles. The summed E-state index contributed by atoms with van der Waals surface area (Å²) in [4.78, 5) is 46.6. The van der Waals surface area contributed by atoms with E-state index in [1.165, 1.54) is 19.2 Å². The van der Waals surface area contributed by atoms with E-state index in [0.29, 0.717) is 49.4 Å². The van der Waals surface area contributed by atoms with Gasteiger partial charge in [0.05, 0.1) is 19.0 Å². The Labute approximate surface area is 240 Å². The van der Waals surface area contributed by atoms with Crippen molar-refractivity contribution in [2.75, 3.05) is 20.2 Å². The van der Waals surface area contributed by atoms with Gasteiger partial charge in [-0.05, 0) is 66.8 Å². The third-order valence-corrected chi connectivity index (χ3v) is 8.68. The Morgan fingerprint density at radius 3 is 2.37 bits per heavy atom. The number of Topliss-reactive ketones (excluding diaryl/α,β-unsaturated/α-hetero) is 1. The quantitative estimate of drug-likeness (QED) is 0.228. The number of ether oxygens (including phenoxy) is 1. The molecular weight excluding hydrogens is 523 g/mol. The number of amides is 1. The highest BCUT2D eigenvalue weighted by atomic mass is 19.1. The first-order valence-electron chi connectivity index (χ1n) is 14.4. The van der Waals surface area contributed by atoms with Crippen LogP contribution in [0, 0.1) is 22.6 Å². The first-order chi connectivity index (χ1) is 19.3. The second-order valence-corrected chi connectivity index (χ2v) is 13.3. The van der Waals surface area contributed by atoms with Crippen molar-refractivity contribution in [1.82, 2.24) is 19.5 Å². The Balaban J connectivity index is 1.48. The van der Waals surface area contributed by atoms with E-state index in [1.807, 2.05) is 19.9 Å². The second kappa shape index (κ2) is 10.3. The third kappa shape index (κ3) is 5.38. The van der Waals surface area contributed by atoms with Gasteiger partial charge in [0.25, 0.3) is 0 Å². The van der Waals surface area contributed by atoms with Crippen LogP contribution >= 0.6 is 0 Å². The molecule has 9 heteroatoms. The van der Waals surface area contributed by atoms with Crippen molar-refractivity contribution >= 4 is 23.3 Å². The lowest BCUT2D eigenvalue weighted by atomic mass is 9.71. The van der Waals surface area contributed by atoms with Gasteiger partial charge >= 0.3 is 5.97 Å². The Morgan fingerprint density at radius 1 is 1.07 bits per heavy atom. The van der Waals surface area contributed by atoms with Crippen LogP contribution in [-0.2, 0) is 19.7 Å². The summed E-state index contributed by atoms with van der Waals surface area (Å²) in [5, 5.41) is 4.74. The van der Waals surface area contributed by atoms with E-state index < -0.39 is 16.8 Å². The summed E-state index contributed by atoms with van der Waals surface area (Å²) in [7, 11) is 1.32. The van der Waals surface area contributed by atoms with Crippen LogP contribution < -0.4 is 0 Å². The van der Waals surface area contributed by atoms with Crippen LogP contribution in [0.25, 0.3) is 16.9 Å². The number of rotatable bonds is 5. The lowest BCUT2D eigenvalue weighted by molar-refractivity contribution is -0.157. The zero-order valence-corrected chi connectivity index (χ0v) is 24.8. The molecule has 8 nitrogen and oxygen atoms in total. The summed E-state index contributed by atoms with van der Waals surface area (Å²) < 4.78 is 20.2. The minimum Gasteiger partial charge on any atom is -0.468 e. The summed E-state index contributed by atoms with van der Waals surface area (Å²) in [6.45, 7) is 11.2. The zero-order valence-electron chi connectivity index (χ0n) is 24.8. The first kappa shape index (κ1) is 28.9. The van der Waals surface area contributed by atoms with Gasteiger partial charge in [-0.2, -0.15) is 5.10 Å². The molecule has 0 N–H and O–H groups in total. The van der Waals surface area contributed by atoms with E-state index in [0.717, 1.165) is 24.0 Å². The molecule has 1 amide bonds. The van der Waals surface area contributed by atoms with Crippen LogP contribution in [0.2, 0.25) is 0 Å². The molecule has 0 radical (unpaired) electrons. The van der Waals surface area contributed by atoms with Crippen molar-refractivity contribution in [3.63, 3.8) is 0 Å². The molecule has 2 fully saturated rings. The van der Waals surface area contributed by atoms with E-state index in [1.54, 1.807) is 27.7 Å². The van der Waals surface area contributed by atoms with Crippen molar-refractivity contribution in [3.05, 3.63) is 53.6 Å². The summed E-state index contributed by atoms with van der Waals surface area (Å²) >= 11 is 0. The summed E-state index contributed by atoms with van der Waals surface area (Å²) in [5.74, 6) is -1.42. The number of carbonyl (C=O) groups excluding carboxylic acids is 3. The maximum atomic E-state index is 14.1. The predicted octanol–water partition coefficient (Wildman–Crippen LogP) is 5.62. The zero-order chi connectivity index (χ0) is 29.7. The van der Waals surface area contributed by atoms with Gasteiger partial charge in [-0.25, -0.2) is 13.9 Å². The van der Waals surface area contributed by atoms with Gasteiger partial charge in [0.1, 0.15) is 16.9 Å². The molecule has 2 aliphatic rings. The summed E-state index contributed by atoms with van der Waals surface area (Å²) in [5.41, 5.74) is 1.41. The number of ketones is 1. The minimum absolute atomic E-state index is 0.0768. The number of esters is 1. The molecule has 41 heavy (non-hydrogen) atoms. The molecule has 2 aromatic heterocycles. The van der Waals surface area contributed by atoms with E-state index in [2.05, 4.69) is 20.8 Å². The molecule has 1 aliphatic heterocycles. The molecule has 0 bridgehead atoms. The second-order valence-electron chi connectivity index (χ2n) is 13.3. The molecular formula is C32H39FN4O4. The number of nitrogens with zero attached hydrogens (tertiary/aromatic N) is 4. The number of hydrogen-bond donors (Lipinski definition) is 0. The van der Waals surface area contributed by atoms with Crippen molar-refractivity contribution in [1.29, 1.82) is 0 Å². The highest BCUT2D eigenvalue weighted by molar-refractivity contribution is 6.05. The fourth-order valence-corrected chi connectivity index (χ4v) is 6.10. The predicted molar refractivity (Wildman–Crippen MR) is 153 cm³/mol. The monoisotopic (exact) mass is 562 g/mol. The van der Waals surface area contributed by atoms with Gasteiger partial charge in [0.2, 0.25) is 5.91 Å². The van der Waals surface area contributed by atoms with E-state index in [4.69, 9.17) is 14.8 Å². The van der Waals surface area contributed by atoms with Crippen LogP contribution in [0.15, 0.2) is 36.5 Å². The molecule has 1 atom stereocenters. The van der Waals surface area contributed by atoms with Crippen molar-refractivity contribution < 1.29 is 23.5 Å². The molecule has 3 heterocycles. The van der Waals surface area contributed by atoms with E-state index >= 15 is 0 Å². The summed E-state index contributed by atoms with van der Waals surface area (Å²) in [6.07, 6.45) is 4.91. The largest absolute Gasteiger partial charge is 0.468 e. The molecule has 218 valence electrons. The molecule has 3 aromatic rings. The van der Waals surface area contributed by atoms with Crippen LogP contribution in [0.4, 0.5) is 4.39 Å². The third-order valence-electron chi connectivity index (χ3n) is 8.68. The first-order valence-corrected chi connectivity index (χ1v) is 14.4. The number of fused-ring (bicyclic) bond motifs is 1. The van der Waals surface area contributed by atoms with Crippen LogP contribution in [0.5, 0.6) is 0 Å². The topological polar surface area (TPSA) is 93.9 Å². The van der Waals surface area contributed by atoms with Crippen LogP contribution in [0.1, 0.15) is 82.8 Å². The average Bonchev–Trinajstić information content (AvgIpc) is 3.61. The van der Waals surface area contributed by atoms with Crippen molar-refractivity contribution in [3.8, 4) is 11.3 Å². The van der Waals surface area contributed by atoms with Crippen molar-refractivity contribution in [2.45, 2.75) is 72.1 Å². The number of likely N-dealkylation sites (tertiary alicyclic amines) is 1. The lowest BCUT2D eigenvalue weighted by Crippen LogP contribution is -2.49. The molecule has 1 saturated carbocycles. The molecule has 1 unspecified atom stereocenters. The van der Waals surface area contributed by atoms with Crippen LogP contribution in [0.3, 0.4) is 0 Å². The van der Waals surface area contributed by atoms with Gasteiger partial charge in [-0.15, -0.1) is 0 Å². The molecule has 0 spiro atoms. The van der Waals surface area contributed by atoms with Gasteiger partial charge in [0.15, 0.2) is 11.4 Å². The fourth-order valence-electron chi connectivity index (χ4n) is 6.10. The van der Waals surface area contributed by atoms with E-state index in [-0.39, 0.29) is 28.8 Å². The van der Waals surface area contributed by atoms with Crippen molar-refractivity contribution in [2.24, 2.45) is 16.7 Å². The number of methoxy groups -OCH3 is 1. The Hall–Kier alpha value is -3.62. The smallest absolute Gasteiger partial charge is 0.321 e. The number of halogens is 1. The number of imidazole rings is 1. The molecule has 5 rings (SSSR count). The van der Waals surface area contributed by atoms with Crippen LogP contribution in [-0.4, -0.2) is 57.4 Å². The van der Waals surface area contributed by atoms with Gasteiger partial charge in [0, 0.05) is 30.1 Å². The van der Waals surface area contributed by atoms with Gasteiger partial charge < -0.3 is 9.64 Å². The number of benzene rings is 1. The fraction of sp³-hybridized carbons (Fsp3) is 0.531. The maximum absolute atomic E-state index is 14.1. The standard InChI is InChI=1S/C32H39FN4O4/c1-30(2,3)23-17-24(20-10-12-21(33)13-11-20)35-37-18-25(34-27(23)37)26(38)22-9-7-8-16-36(19-31(22,4)5)28(39)32(14-15-32)29(40)41-6/h10-13,17-18,22H,7-9,14-16,19H2,1-6H3. The van der Waals surface area contributed by atoms with Gasteiger partial charge in [-0.1, -0.05) is 41.0 Å². The Bertz CT molecular complexity index is 1500. The Kier molecular flexibility index (Phi) is 7.28. The van der Waals surface area contributed by atoms with Gasteiger partial charge in [-0.3, -0.25) is 14.4 Å². The van der Waals surface area contributed by atoms with E-state index in [9.17, 15) is 18.8 Å². The highest BCUT2D eigenvalue weighted by Gasteiger charge is 2.59. The summed E-state index contributed by atoms with van der Waals surface area (Å²) in [6, 6.07) is 8.15. The normalized spacial score (nSPS) is 20.3. The highest BCUT2D eigenvalue weighted by Crippen LogP contribution is 2.49.